The number of hydrogen-bond donors (Lipinski definition) is 1. The lowest BCUT2D eigenvalue weighted by Crippen LogP contribution is -2.21. The van der Waals surface area contributed by atoms with E-state index < -0.39 is 5.82 Å². The average Bonchev–Trinajstić information content (AvgIpc) is 3.18. The summed E-state index contributed by atoms with van der Waals surface area (Å²) in [5.74, 6) is -0.532. The fraction of sp³-hybridized carbons (Fsp3) is 0.0526. The molecule has 0 aliphatic carbocycles. The molecule has 0 atom stereocenters. The first-order valence-electron chi connectivity index (χ1n) is 8.20. The number of rotatable bonds is 4. The van der Waals surface area contributed by atoms with Crippen LogP contribution in [0.3, 0.4) is 0 Å². The molecule has 0 spiro atoms. The number of benzene rings is 2. The summed E-state index contributed by atoms with van der Waals surface area (Å²) in [6, 6.07) is 9.50. The zero-order chi connectivity index (χ0) is 20.5. The second-order valence-corrected chi connectivity index (χ2v) is 7.31. The molecule has 1 N–H and O–H groups in total. The smallest absolute Gasteiger partial charge is 0.279 e. The van der Waals surface area contributed by atoms with E-state index in [9.17, 15) is 4.79 Å². The Balaban J connectivity index is 1.71. The summed E-state index contributed by atoms with van der Waals surface area (Å²) in [5, 5.41) is 9.35. The Morgan fingerprint density at radius 3 is 2.93 bits per heavy atom. The minimum absolute atomic E-state index is 0.0603. The van der Waals surface area contributed by atoms with E-state index in [0.29, 0.717) is 10.1 Å². The highest BCUT2D eigenvalue weighted by Crippen LogP contribution is 2.35. The van der Waals surface area contributed by atoms with E-state index >= 15 is 4.39 Å². The number of aromatic nitrogens is 4. The van der Waals surface area contributed by atoms with Crippen LogP contribution < -0.4 is 10.3 Å². The second-order valence-electron chi connectivity index (χ2n) is 6.02. The fourth-order valence-corrected chi connectivity index (χ4v) is 3.36. The van der Waals surface area contributed by atoms with E-state index in [1.807, 2.05) is 6.07 Å². The monoisotopic (exact) mass is 473 g/mol. The molecule has 4 rings (SSSR count). The normalized spacial score (nSPS) is 10.8. The van der Waals surface area contributed by atoms with E-state index in [1.165, 1.54) is 41.5 Å². The van der Waals surface area contributed by atoms with Gasteiger partial charge in [-0.05, 0) is 40.2 Å². The molecule has 4 aromatic rings. The molecule has 0 saturated carbocycles. The van der Waals surface area contributed by atoms with Crippen molar-refractivity contribution in [3.05, 3.63) is 79.8 Å². The van der Waals surface area contributed by atoms with Crippen LogP contribution >= 0.6 is 27.5 Å². The number of nitriles is 1. The SMILES string of the molecule is N#Cc1cc(Cl)cc(Oc2c(Br)ccc(Cn3cnc4nc[nH]c4c3=O)c2F)c1. The van der Waals surface area contributed by atoms with Crippen molar-refractivity contribution in [2.45, 2.75) is 6.54 Å². The molecule has 0 bridgehead atoms. The van der Waals surface area contributed by atoms with E-state index in [-0.39, 0.29) is 45.3 Å². The maximum atomic E-state index is 15.2. The van der Waals surface area contributed by atoms with E-state index in [2.05, 4.69) is 30.9 Å². The number of halogens is 3. The van der Waals surface area contributed by atoms with Crippen LogP contribution in [0.2, 0.25) is 5.02 Å². The number of hydrogen-bond acceptors (Lipinski definition) is 5. The van der Waals surface area contributed by atoms with Gasteiger partial charge in [-0.2, -0.15) is 5.26 Å². The topological polar surface area (TPSA) is 96.6 Å². The van der Waals surface area contributed by atoms with Crippen LogP contribution in [0, 0.1) is 17.1 Å². The van der Waals surface area contributed by atoms with Gasteiger partial charge in [0.05, 0.1) is 29.0 Å². The molecule has 0 aliphatic rings. The quantitative estimate of drug-likeness (QED) is 0.473. The molecule has 0 aliphatic heterocycles. The molecule has 29 heavy (non-hydrogen) atoms. The molecular formula is C19H10BrClFN5O2. The third kappa shape index (κ3) is 3.72. The summed E-state index contributed by atoms with van der Waals surface area (Å²) < 4.78 is 22.5. The maximum Gasteiger partial charge on any atom is 0.279 e. The van der Waals surface area contributed by atoms with Crippen LogP contribution in [0.5, 0.6) is 11.5 Å². The van der Waals surface area contributed by atoms with Crippen LogP contribution in [0.4, 0.5) is 4.39 Å². The number of imidazole rings is 1. The lowest BCUT2D eigenvalue weighted by atomic mass is 10.2. The molecule has 7 nitrogen and oxygen atoms in total. The number of aromatic amines is 1. The summed E-state index contributed by atoms with van der Waals surface area (Å²) >= 11 is 9.24. The van der Waals surface area contributed by atoms with Gasteiger partial charge in [0, 0.05) is 10.6 Å². The van der Waals surface area contributed by atoms with Crippen molar-refractivity contribution < 1.29 is 9.13 Å². The number of H-pyrrole nitrogens is 1. The summed E-state index contributed by atoms with van der Waals surface area (Å²) in [7, 11) is 0. The van der Waals surface area contributed by atoms with Crippen LogP contribution in [0.25, 0.3) is 11.2 Å². The fourth-order valence-electron chi connectivity index (χ4n) is 2.75. The van der Waals surface area contributed by atoms with Crippen LogP contribution in [-0.2, 0) is 6.54 Å². The Labute approximate surface area is 176 Å². The van der Waals surface area contributed by atoms with Gasteiger partial charge in [-0.15, -0.1) is 0 Å². The van der Waals surface area contributed by atoms with Gasteiger partial charge in [0.1, 0.15) is 12.1 Å². The lowest BCUT2D eigenvalue weighted by molar-refractivity contribution is 0.434. The Morgan fingerprint density at radius 2 is 2.14 bits per heavy atom. The van der Waals surface area contributed by atoms with Gasteiger partial charge in [-0.1, -0.05) is 17.7 Å². The highest BCUT2D eigenvalue weighted by atomic mass is 79.9. The van der Waals surface area contributed by atoms with Crippen molar-refractivity contribution in [2.24, 2.45) is 0 Å². The van der Waals surface area contributed by atoms with Crippen molar-refractivity contribution in [1.29, 1.82) is 5.26 Å². The second kappa shape index (κ2) is 7.66. The highest BCUT2D eigenvalue weighted by molar-refractivity contribution is 9.10. The van der Waals surface area contributed by atoms with Gasteiger partial charge in [0.15, 0.2) is 22.7 Å². The lowest BCUT2D eigenvalue weighted by Gasteiger charge is -2.13. The average molecular weight is 475 g/mol. The van der Waals surface area contributed by atoms with Crippen molar-refractivity contribution in [3.8, 4) is 17.6 Å². The number of fused-ring (bicyclic) bond motifs is 1. The van der Waals surface area contributed by atoms with Crippen LogP contribution in [0.15, 0.2) is 52.3 Å². The Kier molecular flexibility index (Phi) is 5.05. The first-order chi connectivity index (χ1) is 14.0. The number of nitrogens with zero attached hydrogens (tertiary/aromatic N) is 4. The molecule has 2 aromatic heterocycles. The van der Waals surface area contributed by atoms with Gasteiger partial charge >= 0.3 is 0 Å². The highest BCUT2D eigenvalue weighted by Gasteiger charge is 2.17. The van der Waals surface area contributed by atoms with Gasteiger partial charge < -0.3 is 9.72 Å². The van der Waals surface area contributed by atoms with Crippen LogP contribution in [-0.4, -0.2) is 19.5 Å². The predicted octanol–water partition coefficient (Wildman–Crippen LogP) is 4.39. The minimum atomic E-state index is -0.658. The zero-order valence-corrected chi connectivity index (χ0v) is 16.8. The molecule has 0 unspecified atom stereocenters. The standard InChI is InChI=1S/C19H10BrClFN5O2/c20-14-2-1-11(7-27-9-26-18-16(19(27)28)24-8-25-18)15(22)17(14)29-13-4-10(6-23)3-12(21)5-13/h1-5,8-9H,7H2,(H,24,25). The third-order valence-corrected chi connectivity index (χ3v) is 4.95. The van der Waals surface area contributed by atoms with E-state index in [1.54, 1.807) is 6.07 Å². The van der Waals surface area contributed by atoms with Crippen molar-refractivity contribution in [1.82, 2.24) is 19.5 Å². The van der Waals surface area contributed by atoms with E-state index in [0.717, 1.165) is 0 Å². The summed E-state index contributed by atoms with van der Waals surface area (Å²) in [6.45, 7) is -0.0603. The van der Waals surface area contributed by atoms with E-state index in [4.69, 9.17) is 21.6 Å². The minimum Gasteiger partial charge on any atom is -0.453 e. The van der Waals surface area contributed by atoms with Gasteiger partial charge in [0.2, 0.25) is 0 Å². The first-order valence-corrected chi connectivity index (χ1v) is 9.37. The molecule has 144 valence electrons. The Morgan fingerprint density at radius 1 is 1.31 bits per heavy atom. The predicted molar refractivity (Wildman–Crippen MR) is 108 cm³/mol. The van der Waals surface area contributed by atoms with Crippen molar-refractivity contribution >= 4 is 38.7 Å². The Hall–Kier alpha value is -3.22. The first kappa shape index (κ1) is 19.1. The summed E-state index contributed by atoms with van der Waals surface area (Å²) in [6.07, 6.45) is 2.68. The third-order valence-electron chi connectivity index (χ3n) is 4.10. The molecule has 0 radical (unpaired) electrons. The van der Waals surface area contributed by atoms with Crippen molar-refractivity contribution in [3.63, 3.8) is 0 Å². The van der Waals surface area contributed by atoms with Crippen LogP contribution in [0.1, 0.15) is 11.1 Å². The summed E-state index contributed by atoms with van der Waals surface area (Å²) in [4.78, 5) is 23.2. The number of ether oxygens (including phenoxy) is 1. The Bertz CT molecular complexity index is 1340. The zero-order valence-electron chi connectivity index (χ0n) is 14.5. The largest absolute Gasteiger partial charge is 0.453 e. The van der Waals surface area contributed by atoms with Gasteiger partial charge in [0.25, 0.3) is 5.56 Å². The molecule has 2 heterocycles. The molecule has 0 saturated heterocycles. The number of nitrogens with one attached hydrogen (secondary N) is 1. The van der Waals surface area contributed by atoms with Gasteiger partial charge in [-0.25, -0.2) is 14.4 Å². The van der Waals surface area contributed by atoms with Crippen molar-refractivity contribution in [2.75, 3.05) is 0 Å². The maximum absolute atomic E-state index is 15.2. The summed E-state index contributed by atoms with van der Waals surface area (Å²) in [5.41, 5.74) is 0.662. The molecule has 10 heteroatoms. The molecule has 0 fully saturated rings. The van der Waals surface area contributed by atoms with Gasteiger partial charge in [-0.3, -0.25) is 9.36 Å². The molecular weight excluding hydrogens is 465 g/mol. The molecule has 2 aromatic carbocycles. The molecule has 0 amide bonds.